The number of esters is 1. The molecule has 0 fully saturated rings. The number of rotatable bonds is 5. The van der Waals surface area contributed by atoms with Gasteiger partial charge in [0.1, 0.15) is 5.82 Å². The molecule has 0 spiro atoms. The number of carbonyl (C=O) groups excluding carboxylic acids is 2. The van der Waals surface area contributed by atoms with Crippen LogP contribution < -0.4 is 14.4 Å². The highest BCUT2D eigenvalue weighted by atomic mass is 32.2. The fourth-order valence-corrected chi connectivity index (χ4v) is 2.52. The van der Waals surface area contributed by atoms with E-state index in [4.69, 9.17) is 9.47 Å². The van der Waals surface area contributed by atoms with Crippen LogP contribution in [0.2, 0.25) is 0 Å². The van der Waals surface area contributed by atoms with Gasteiger partial charge in [0.2, 0.25) is 5.95 Å². The molecule has 0 unspecified atom stereocenters. The van der Waals surface area contributed by atoms with Crippen molar-refractivity contribution in [1.82, 2.24) is 19.7 Å². The summed E-state index contributed by atoms with van der Waals surface area (Å²) in [7, 11) is 4.24. The first-order valence-electron chi connectivity index (χ1n) is 7.10. The number of nitrogens with zero attached hydrogens (tertiary/aromatic N) is 4. The number of aryl methyl sites for hydroxylation is 1. The zero-order chi connectivity index (χ0) is 18.4. The fourth-order valence-electron chi connectivity index (χ4n) is 1.78. The van der Waals surface area contributed by atoms with Crippen LogP contribution in [0.4, 0.5) is 10.7 Å². The molecule has 0 atom stereocenters. The third kappa shape index (κ3) is 4.57. The smallest absolute Gasteiger partial charge is 0.339 e. The predicted molar refractivity (Wildman–Crippen MR) is 91.7 cm³/mol. The Morgan fingerprint density at radius 1 is 1.16 bits per heavy atom. The zero-order valence-corrected chi connectivity index (χ0v) is 15.0. The van der Waals surface area contributed by atoms with Crippen LogP contribution >= 0.6 is 11.9 Å². The molecule has 2 rings (SSSR count). The highest BCUT2D eigenvalue weighted by molar-refractivity contribution is 7.98. The van der Waals surface area contributed by atoms with Crippen molar-refractivity contribution in [2.24, 2.45) is 0 Å². The third-order valence-corrected chi connectivity index (χ3v) is 3.90. The molecular formula is C15H17N5O4S. The van der Waals surface area contributed by atoms with Gasteiger partial charge in [0.05, 0.1) is 19.8 Å². The molecule has 1 aromatic carbocycles. The Hall–Kier alpha value is -2.88. The highest BCUT2D eigenvalue weighted by Crippen LogP contribution is 2.21. The van der Waals surface area contributed by atoms with Gasteiger partial charge in [-0.1, -0.05) is 12.1 Å². The Balaban J connectivity index is 2.10. The van der Waals surface area contributed by atoms with Crippen LogP contribution in [0.3, 0.4) is 0 Å². The van der Waals surface area contributed by atoms with Crippen molar-refractivity contribution < 1.29 is 19.1 Å². The standard InChI is InChI=1S/C15H17N5O4S/c1-9-16-13(18-14(17-9)24-4)20(2)15(22)19-25-11-8-6-5-7-10(11)12(21)23-3/h5-8H,1-4H3,(H,19,22). The van der Waals surface area contributed by atoms with Gasteiger partial charge in [-0.25, -0.2) is 9.59 Å². The Morgan fingerprint density at radius 2 is 1.88 bits per heavy atom. The average molecular weight is 363 g/mol. The molecule has 0 aliphatic rings. The van der Waals surface area contributed by atoms with Crippen molar-refractivity contribution in [1.29, 1.82) is 0 Å². The number of benzene rings is 1. The van der Waals surface area contributed by atoms with Crippen LogP contribution in [-0.2, 0) is 4.74 Å². The molecule has 2 amide bonds. The molecule has 2 aromatic rings. The summed E-state index contributed by atoms with van der Waals surface area (Å²) in [6.45, 7) is 1.67. The topological polar surface area (TPSA) is 107 Å². The number of nitrogens with one attached hydrogen (secondary N) is 1. The lowest BCUT2D eigenvalue weighted by Crippen LogP contribution is -2.35. The van der Waals surface area contributed by atoms with E-state index in [0.29, 0.717) is 16.3 Å². The van der Waals surface area contributed by atoms with Crippen LogP contribution in [0.25, 0.3) is 0 Å². The van der Waals surface area contributed by atoms with Crippen LogP contribution in [0.5, 0.6) is 6.01 Å². The molecule has 10 heteroatoms. The fraction of sp³-hybridized carbons (Fsp3) is 0.267. The number of urea groups is 1. The molecule has 1 aromatic heterocycles. The summed E-state index contributed by atoms with van der Waals surface area (Å²) in [6.07, 6.45) is 0. The van der Waals surface area contributed by atoms with Gasteiger partial charge < -0.3 is 9.47 Å². The first-order valence-corrected chi connectivity index (χ1v) is 7.92. The van der Waals surface area contributed by atoms with Gasteiger partial charge in [-0.15, -0.1) is 0 Å². The Bertz CT molecular complexity index is 786. The molecule has 0 radical (unpaired) electrons. The van der Waals surface area contributed by atoms with E-state index in [-0.39, 0.29) is 12.0 Å². The summed E-state index contributed by atoms with van der Waals surface area (Å²) in [4.78, 5) is 37.9. The molecule has 1 heterocycles. The summed E-state index contributed by atoms with van der Waals surface area (Å²) < 4.78 is 12.3. The molecule has 0 aliphatic carbocycles. The van der Waals surface area contributed by atoms with E-state index in [0.717, 1.165) is 11.9 Å². The minimum atomic E-state index is -0.483. The molecule has 0 saturated carbocycles. The van der Waals surface area contributed by atoms with E-state index in [9.17, 15) is 9.59 Å². The van der Waals surface area contributed by atoms with Crippen molar-refractivity contribution in [3.8, 4) is 6.01 Å². The number of hydrogen-bond acceptors (Lipinski definition) is 8. The van der Waals surface area contributed by atoms with Gasteiger partial charge in [0, 0.05) is 11.9 Å². The first-order chi connectivity index (χ1) is 12.0. The van der Waals surface area contributed by atoms with Crippen LogP contribution in [0.1, 0.15) is 16.2 Å². The molecule has 132 valence electrons. The van der Waals surface area contributed by atoms with Crippen molar-refractivity contribution in [2.75, 3.05) is 26.2 Å². The summed E-state index contributed by atoms with van der Waals surface area (Å²) in [6, 6.07) is 6.43. The summed E-state index contributed by atoms with van der Waals surface area (Å²) >= 11 is 0.992. The molecular weight excluding hydrogens is 346 g/mol. The monoisotopic (exact) mass is 363 g/mol. The second kappa shape index (κ2) is 8.29. The van der Waals surface area contributed by atoms with Crippen LogP contribution in [0, 0.1) is 6.92 Å². The van der Waals surface area contributed by atoms with Crippen molar-refractivity contribution >= 4 is 29.9 Å². The van der Waals surface area contributed by atoms with Gasteiger partial charge in [0.25, 0.3) is 0 Å². The number of anilines is 1. The van der Waals surface area contributed by atoms with E-state index in [2.05, 4.69) is 19.7 Å². The number of amides is 2. The molecule has 9 nitrogen and oxygen atoms in total. The Morgan fingerprint density at radius 3 is 2.56 bits per heavy atom. The number of aromatic nitrogens is 3. The normalized spacial score (nSPS) is 10.1. The SMILES string of the molecule is COC(=O)c1ccccc1SNC(=O)N(C)c1nc(C)nc(OC)n1. The Kier molecular flexibility index (Phi) is 6.12. The summed E-state index contributed by atoms with van der Waals surface area (Å²) in [5, 5.41) is 0. The molecule has 1 N–H and O–H groups in total. The Labute approximate surface area is 148 Å². The van der Waals surface area contributed by atoms with E-state index in [1.54, 1.807) is 31.2 Å². The molecule has 0 bridgehead atoms. The maximum atomic E-state index is 12.3. The molecule has 0 saturated heterocycles. The minimum absolute atomic E-state index is 0.117. The van der Waals surface area contributed by atoms with Crippen LogP contribution in [0.15, 0.2) is 29.2 Å². The summed E-state index contributed by atoms with van der Waals surface area (Å²) in [5.41, 5.74) is 0.357. The average Bonchev–Trinajstić information content (AvgIpc) is 2.64. The first kappa shape index (κ1) is 18.5. The van der Waals surface area contributed by atoms with Gasteiger partial charge >= 0.3 is 18.0 Å². The van der Waals surface area contributed by atoms with Crippen LogP contribution in [-0.4, -0.2) is 48.2 Å². The van der Waals surface area contributed by atoms with E-state index in [1.165, 1.54) is 26.2 Å². The van der Waals surface area contributed by atoms with E-state index in [1.807, 2.05) is 0 Å². The highest BCUT2D eigenvalue weighted by Gasteiger charge is 2.18. The molecule has 25 heavy (non-hydrogen) atoms. The maximum Gasteiger partial charge on any atom is 0.339 e. The predicted octanol–water partition coefficient (Wildman–Crippen LogP) is 1.83. The van der Waals surface area contributed by atoms with Crippen molar-refractivity contribution in [3.05, 3.63) is 35.7 Å². The summed E-state index contributed by atoms with van der Waals surface area (Å²) in [5.74, 6) is 0.0809. The largest absolute Gasteiger partial charge is 0.467 e. The maximum absolute atomic E-state index is 12.3. The second-order valence-electron chi connectivity index (χ2n) is 4.73. The lowest BCUT2D eigenvalue weighted by molar-refractivity contribution is 0.0596. The molecule has 0 aliphatic heterocycles. The lowest BCUT2D eigenvalue weighted by Gasteiger charge is -2.16. The van der Waals surface area contributed by atoms with Gasteiger partial charge in [-0.05, 0) is 31.0 Å². The minimum Gasteiger partial charge on any atom is -0.467 e. The number of carbonyl (C=O) groups is 2. The number of ether oxygens (including phenoxy) is 2. The lowest BCUT2D eigenvalue weighted by atomic mass is 10.2. The van der Waals surface area contributed by atoms with Crippen molar-refractivity contribution in [2.45, 2.75) is 11.8 Å². The van der Waals surface area contributed by atoms with Gasteiger partial charge in [0.15, 0.2) is 0 Å². The third-order valence-electron chi connectivity index (χ3n) is 3.04. The van der Waals surface area contributed by atoms with Gasteiger partial charge in [-0.2, -0.15) is 15.0 Å². The van der Waals surface area contributed by atoms with Gasteiger partial charge in [-0.3, -0.25) is 9.62 Å². The second-order valence-corrected chi connectivity index (χ2v) is 5.57. The number of methoxy groups -OCH3 is 2. The van der Waals surface area contributed by atoms with E-state index >= 15 is 0 Å². The van der Waals surface area contributed by atoms with Crippen molar-refractivity contribution in [3.63, 3.8) is 0 Å². The van der Waals surface area contributed by atoms with E-state index < -0.39 is 12.0 Å². The quantitative estimate of drug-likeness (QED) is 0.633. The number of hydrogen-bond donors (Lipinski definition) is 1. The zero-order valence-electron chi connectivity index (χ0n) is 14.1.